The molecule has 2 heterocycles. The quantitative estimate of drug-likeness (QED) is 0.259. The van der Waals surface area contributed by atoms with Gasteiger partial charge in [0.2, 0.25) is 5.95 Å². The molecule has 0 spiro atoms. The molecule has 3 rings (SSSR count). The van der Waals surface area contributed by atoms with E-state index in [4.69, 9.17) is 5.26 Å². The van der Waals surface area contributed by atoms with Gasteiger partial charge in [0.25, 0.3) is 5.69 Å². The van der Waals surface area contributed by atoms with Crippen molar-refractivity contribution in [3.63, 3.8) is 0 Å². The van der Waals surface area contributed by atoms with Gasteiger partial charge < -0.3 is 15.7 Å². The summed E-state index contributed by atoms with van der Waals surface area (Å²) in [5.41, 5.74) is 1.41. The van der Waals surface area contributed by atoms with Crippen LogP contribution in [-0.2, 0) is 6.42 Å². The fourth-order valence-electron chi connectivity index (χ4n) is 2.98. The number of carboxylic acids is 1. The van der Waals surface area contributed by atoms with Crippen LogP contribution in [0.25, 0.3) is 11.3 Å². The molecular formula is C21H19N7O4. The third-order valence-corrected chi connectivity index (χ3v) is 4.47. The third kappa shape index (κ3) is 5.11. The van der Waals surface area contributed by atoms with E-state index in [0.29, 0.717) is 42.1 Å². The average Bonchev–Trinajstić information content (AvgIpc) is 2.81. The zero-order chi connectivity index (χ0) is 23.1. The lowest BCUT2D eigenvalue weighted by atomic mass is 10.0. The fraction of sp³-hybridized carbons (Fsp3) is 0.190. The van der Waals surface area contributed by atoms with Gasteiger partial charge in [0.05, 0.1) is 27.9 Å². The van der Waals surface area contributed by atoms with E-state index in [0.717, 1.165) is 0 Å². The summed E-state index contributed by atoms with van der Waals surface area (Å²) in [6, 6.07) is 11.5. The van der Waals surface area contributed by atoms with Crippen LogP contribution in [0.2, 0.25) is 0 Å². The van der Waals surface area contributed by atoms with Crippen LogP contribution in [0.1, 0.15) is 28.5 Å². The van der Waals surface area contributed by atoms with Gasteiger partial charge in [-0.05, 0) is 24.6 Å². The molecule has 0 radical (unpaired) electrons. The topological polar surface area (TPSA) is 167 Å². The predicted molar refractivity (Wildman–Crippen MR) is 116 cm³/mol. The molecular weight excluding hydrogens is 414 g/mol. The summed E-state index contributed by atoms with van der Waals surface area (Å²) in [5.74, 6) is -0.415. The number of nitriles is 1. The summed E-state index contributed by atoms with van der Waals surface area (Å²) in [4.78, 5) is 34.8. The van der Waals surface area contributed by atoms with Crippen LogP contribution in [0.4, 0.5) is 17.5 Å². The SMILES string of the molecule is CCc1nc(NCCNc2ccc([N+](=O)[O-])cn2)nc(-c2cccc(C#N)c2)c1C(=O)O. The smallest absolute Gasteiger partial charge is 0.339 e. The number of anilines is 2. The minimum absolute atomic E-state index is 0.00125. The van der Waals surface area contributed by atoms with Crippen molar-refractivity contribution in [2.24, 2.45) is 0 Å². The molecule has 1 aromatic carbocycles. The Morgan fingerprint density at radius 1 is 1.22 bits per heavy atom. The second kappa shape index (κ2) is 9.94. The average molecular weight is 433 g/mol. The van der Waals surface area contributed by atoms with E-state index >= 15 is 0 Å². The lowest BCUT2D eigenvalue weighted by molar-refractivity contribution is -0.385. The number of benzene rings is 1. The Morgan fingerprint density at radius 2 is 2.00 bits per heavy atom. The van der Waals surface area contributed by atoms with E-state index < -0.39 is 10.9 Å². The zero-order valence-electron chi connectivity index (χ0n) is 17.1. The summed E-state index contributed by atoms with van der Waals surface area (Å²) < 4.78 is 0. The Kier molecular flexibility index (Phi) is 6.87. The molecule has 3 N–H and O–H groups in total. The second-order valence-corrected chi connectivity index (χ2v) is 6.58. The number of pyridine rings is 1. The standard InChI is InChI=1S/C21H19N7O4/c1-2-16-18(20(29)30)19(14-5-3-4-13(10-14)11-22)27-21(26-16)24-9-8-23-17-7-6-15(12-25-17)28(31)32/h3-7,10,12H,2,8-9H2,1H3,(H,23,25)(H,29,30)(H,24,26,27). The van der Waals surface area contributed by atoms with Gasteiger partial charge in [0.15, 0.2) is 0 Å². The molecule has 0 aliphatic heterocycles. The molecule has 11 heteroatoms. The first-order chi connectivity index (χ1) is 15.4. The van der Waals surface area contributed by atoms with Crippen molar-refractivity contribution in [3.8, 4) is 17.3 Å². The molecule has 0 saturated carbocycles. The minimum Gasteiger partial charge on any atom is -0.478 e. The molecule has 0 saturated heterocycles. The maximum Gasteiger partial charge on any atom is 0.339 e. The van der Waals surface area contributed by atoms with E-state index in [9.17, 15) is 20.0 Å². The summed E-state index contributed by atoms with van der Waals surface area (Å²) in [7, 11) is 0. The Labute approximate surface area is 182 Å². The molecule has 0 aliphatic carbocycles. The number of aromatic carboxylic acids is 1. The van der Waals surface area contributed by atoms with Gasteiger partial charge in [-0.3, -0.25) is 10.1 Å². The van der Waals surface area contributed by atoms with Crippen LogP contribution in [0.15, 0.2) is 42.6 Å². The molecule has 0 bridgehead atoms. The van der Waals surface area contributed by atoms with Crippen LogP contribution >= 0.6 is 0 Å². The molecule has 0 unspecified atom stereocenters. The van der Waals surface area contributed by atoms with E-state index in [2.05, 4.69) is 25.6 Å². The van der Waals surface area contributed by atoms with Gasteiger partial charge in [-0.15, -0.1) is 0 Å². The Morgan fingerprint density at radius 3 is 2.62 bits per heavy atom. The first-order valence-electron chi connectivity index (χ1n) is 9.65. The summed E-state index contributed by atoms with van der Waals surface area (Å²) >= 11 is 0. The van der Waals surface area contributed by atoms with Crippen LogP contribution < -0.4 is 10.6 Å². The maximum absolute atomic E-state index is 11.9. The molecule has 0 amide bonds. The van der Waals surface area contributed by atoms with E-state index in [-0.39, 0.29) is 22.9 Å². The number of nitrogens with zero attached hydrogens (tertiary/aromatic N) is 5. The van der Waals surface area contributed by atoms with Crippen molar-refractivity contribution in [1.29, 1.82) is 5.26 Å². The van der Waals surface area contributed by atoms with Gasteiger partial charge >= 0.3 is 5.97 Å². The molecule has 0 atom stereocenters. The van der Waals surface area contributed by atoms with E-state index in [1.165, 1.54) is 18.3 Å². The Balaban J connectivity index is 1.78. The number of carbonyl (C=O) groups is 1. The van der Waals surface area contributed by atoms with E-state index in [1.807, 2.05) is 6.07 Å². The number of carboxylic acid groups (broad SMARTS) is 1. The van der Waals surface area contributed by atoms with Crippen molar-refractivity contribution in [2.75, 3.05) is 23.7 Å². The number of nitrogens with one attached hydrogen (secondary N) is 2. The lowest BCUT2D eigenvalue weighted by Gasteiger charge is -2.13. The second-order valence-electron chi connectivity index (χ2n) is 6.58. The fourth-order valence-corrected chi connectivity index (χ4v) is 2.98. The number of hydrogen-bond donors (Lipinski definition) is 3. The highest BCUT2D eigenvalue weighted by atomic mass is 16.6. The maximum atomic E-state index is 11.9. The normalized spacial score (nSPS) is 10.2. The minimum atomic E-state index is -1.14. The van der Waals surface area contributed by atoms with Gasteiger partial charge in [-0.2, -0.15) is 5.26 Å². The largest absolute Gasteiger partial charge is 0.478 e. The first-order valence-corrected chi connectivity index (χ1v) is 9.65. The van der Waals surface area contributed by atoms with Crippen LogP contribution in [0.3, 0.4) is 0 Å². The Hall–Kier alpha value is -4.59. The molecule has 3 aromatic rings. The van der Waals surface area contributed by atoms with Crippen molar-refractivity contribution in [2.45, 2.75) is 13.3 Å². The van der Waals surface area contributed by atoms with E-state index in [1.54, 1.807) is 31.2 Å². The molecule has 0 fully saturated rings. The first kappa shape index (κ1) is 22.1. The molecule has 0 aliphatic rings. The highest BCUT2D eigenvalue weighted by Gasteiger charge is 2.21. The van der Waals surface area contributed by atoms with Gasteiger partial charge in [0, 0.05) is 24.7 Å². The summed E-state index contributed by atoms with van der Waals surface area (Å²) in [6.45, 7) is 2.59. The van der Waals surface area contributed by atoms with Crippen molar-refractivity contribution < 1.29 is 14.8 Å². The van der Waals surface area contributed by atoms with Crippen LogP contribution in [0, 0.1) is 21.4 Å². The zero-order valence-corrected chi connectivity index (χ0v) is 17.1. The van der Waals surface area contributed by atoms with Gasteiger partial charge in [0.1, 0.15) is 17.6 Å². The molecule has 11 nitrogen and oxygen atoms in total. The molecule has 2 aromatic heterocycles. The van der Waals surface area contributed by atoms with Crippen molar-refractivity contribution in [3.05, 3.63) is 69.5 Å². The summed E-state index contributed by atoms with van der Waals surface area (Å²) in [5, 5.41) is 35.6. The lowest BCUT2D eigenvalue weighted by Crippen LogP contribution is -2.18. The number of aryl methyl sites for hydroxylation is 1. The van der Waals surface area contributed by atoms with Crippen LogP contribution in [-0.4, -0.2) is 44.0 Å². The van der Waals surface area contributed by atoms with Crippen molar-refractivity contribution in [1.82, 2.24) is 15.0 Å². The highest BCUT2D eigenvalue weighted by Crippen LogP contribution is 2.26. The van der Waals surface area contributed by atoms with Crippen LogP contribution in [0.5, 0.6) is 0 Å². The predicted octanol–water partition coefficient (Wildman–Crippen LogP) is 3.10. The van der Waals surface area contributed by atoms with Gasteiger partial charge in [-0.25, -0.2) is 19.7 Å². The third-order valence-electron chi connectivity index (χ3n) is 4.47. The Bertz CT molecular complexity index is 1190. The number of nitro groups is 1. The molecule has 162 valence electrons. The number of hydrogen-bond acceptors (Lipinski definition) is 9. The highest BCUT2D eigenvalue weighted by molar-refractivity contribution is 5.96. The van der Waals surface area contributed by atoms with Gasteiger partial charge in [-0.1, -0.05) is 19.1 Å². The monoisotopic (exact) mass is 433 g/mol. The summed E-state index contributed by atoms with van der Waals surface area (Å²) in [6.07, 6.45) is 1.55. The molecule has 32 heavy (non-hydrogen) atoms. The number of aromatic nitrogens is 3. The number of rotatable bonds is 9. The van der Waals surface area contributed by atoms with Crippen molar-refractivity contribution >= 4 is 23.4 Å².